The first-order valence-corrected chi connectivity index (χ1v) is 30.6. The molecule has 0 amide bonds. The number of hydrazone groups is 6. The van der Waals surface area contributed by atoms with E-state index < -0.39 is 21.6 Å². The van der Waals surface area contributed by atoms with E-state index in [0.717, 1.165) is 7.11 Å². The molecule has 0 bridgehead atoms. The molecule has 6 rings (SSSR count). The van der Waals surface area contributed by atoms with Gasteiger partial charge in [0.2, 0.25) is 0 Å². The molecule has 1 N–H and O–H groups in total. The number of benzene rings is 6. The molecule has 0 saturated carbocycles. The molecule has 32 heteroatoms. The van der Waals surface area contributed by atoms with Crippen molar-refractivity contribution in [2.75, 3.05) is 49.4 Å². The van der Waals surface area contributed by atoms with Gasteiger partial charge in [0, 0.05) is 49.4 Å². The van der Waals surface area contributed by atoms with Crippen molar-refractivity contribution in [2.45, 2.75) is 8.59 Å². The van der Waals surface area contributed by atoms with E-state index in [4.69, 9.17) is 98.3 Å². The van der Waals surface area contributed by atoms with Crippen LogP contribution in [0.5, 0.6) is 34.5 Å². The topological polar surface area (TPSA) is 252 Å². The van der Waals surface area contributed by atoms with E-state index in [9.17, 15) is 30.6 Å². The van der Waals surface area contributed by atoms with Crippen LogP contribution in [-0.4, -0.2) is 129 Å². The summed E-state index contributed by atoms with van der Waals surface area (Å²) in [5.74, 6) is -1.03. The van der Waals surface area contributed by atoms with Gasteiger partial charge in [-0.1, -0.05) is 250 Å². The Balaban J connectivity index is 0. The van der Waals surface area contributed by atoms with Gasteiger partial charge in [-0.3, -0.25) is 0 Å². The van der Waals surface area contributed by atoms with Crippen molar-refractivity contribution in [3.63, 3.8) is 0 Å². The second-order valence-corrected chi connectivity index (χ2v) is 27.6. The van der Waals surface area contributed by atoms with Crippen LogP contribution in [0.3, 0.4) is 0 Å². The molecule has 3 radical (unpaired) electrons. The van der Waals surface area contributed by atoms with Crippen LogP contribution in [0.15, 0.2) is 176 Å². The first-order valence-electron chi connectivity index (χ1n) is 22.7. The summed E-state index contributed by atoms with van der Waals surface area (Å²) >= 11 is 40.9. The number of para-hydroxylation sites is 6. The maximum Gasteiger partial charge on any atom is 2.00 e. The molecule has 6 aromatic carbocycles. The number of hydrogen-bond acceptors (Lipinski definition) is 15. The molecule has 0 aromatic heterocycles. The molecule has 0 fully saturated rings. The average Bonchev–Trinajstić information content (AvgIpc) is 3.43. The molecule has 6 aromatic rings. The maximum atomic E-state index is 12.1. The molecule has 0 atom stereocenters. The number of rotatable bonds is 18. The third-order valence-corrected chi connectivity index (χ3v) is 19.4. The number of aliphatic hydroxyl groups excluding tert-OH is 1. The van der Waals surface area contributed by atoms with Crippen LogP contribution in [0.25, 0.3) is 0 Å². The SMILES string of the molecule is CN(/N=C/c1ccccc1[O-])P(=S)(N(C)/N=C/c1ccccc1[O-])N(C)/N=C/c1ccccc1[O-].CN(/N=C/c1ccccc1[O-])P(=S)(N(C)/N=C/c1ccccc1[O-])N(C)/N=C/c1ccccc1[O-].CO.ClC(Cl)Cl.ClC(Cl)Cl.[Mn+2].[Mn+2].[Mn+2]. The van der Waals surface area contributed by atoms with Gasteiger partial charge < -0.3 is 35.7 Å². The van der Waals surface area contributed by atoms with E-state index in [1.165, 1.54) is 102 Å². The van der Waals surface area contributed by atoms with Crippen LogP contribution in [0.2, 0.25) is 0 Å². The van der Waals surface area contributed by atoms with Gasteiger partial charge in [-0.25, -0.2) is 28.7 Å². The monoisotopic (exact) mass is 1450 g/mol. The molecular weight excluding hydrogens is 1400 g/mol. The van der Waals surface area contributed by atoms with Gasteiger partial charge in [-0.05, 0) is 57.0 Å². The van der Waals surface area contributed by atoms with Gasteiger partial charge in [0.05, 0.1) is 37.3 Å². The molecule has 445 valence electrons. The Labute approximate surface area is 556 Å². The van der Waals surface area contributed by atoms with Crippen molar-refractivity contribution >= 4 is 143 Å². The van der Waals surface area contributed by atoms with Gasteiger partial charge >= 0.3 is 51.2 Å². The molecule has 83 heavy (non-hydrogen) atoms. The van der Waals surface area contributed by atoms with E-state index in [1.54, 1.807) is 151 Å². The Kier molecular flexibility index (Phi) is 41.1. The maximum absolute atomic E-state index is 12.1. The zero-order valence-corrected chi connectivity index (χ0v) is 56.3. The molecule has 0 heterocycles. The summed E-state index contributed by atoms with van der Waals surface area (Å²) in [6.45, 7) is -6.03. The molecule has 0 aliphatic carbocycles. The fraction of sp³-hybridized carbons (Fsp3) is 0.176. The van der Waals surface area contributed by atoms with E-state index in [2.05, 4.69) is 30.6 Å². The van der Waals surface area contributed by atoms with Crippen LogP contribution >= 0.6 is 82.6 Å². The molecule has 0 saturated heterocycles. The van der Waals surface area contributed by atoms with Gasteiger partial charge in [0.25, 0.3) is 13.0 Å². The second-order valence-electron chi connectivity index (χ2n) is 15.2. The number of aliphatic hydroxyl groups is 1. The predicted molar refractivity (Wildman–Crippen MR) is 327 cm³/mol. The van der Waals surface area contributed by atoms with Crippen LogP contribution in [0, 0.1) is 0 Å². The predicted octanol–water partition coefficient (Wildman–Crippen LogP) is 8.23. The van der Waals surface area contributed by atoms with Crippen molar-refractivity contribution in [2.24, 2.45) is 30.6 Å². The fourth-order valence-electron chi connectivity index (χ4n) is 5.93. The van der Waals surface area contributed by atoms with Crippen molar-refractivity contribution < 1.29 is 87.0 Å². The van der Waals surface area contributed by atoms with Gasteiger partial charge in [0.15, 0.2) is 8.59 Å². The fourth-order valence-corrected chi connectivity index (χ4v) is 10.0. The molecule has 19 nitrogen and oxygen atoms in total. The summed E-state index contributed by atoms with van der Waals surface area (Å²) in [4.78, 5) is 0. The minimum Gasteiger partial charge on any atom is -0.872 e. The normalized spacial score (nSPS) is 11.0. The minimum atomic E-state index is -3.02. The number of halogens is 6. The van der Waals surface area contributed by atoms with Crippen molar-refractivity contribution in [1.29, 1.82) is 0 Å². The smallest absolute Gasteiger partial charge is 0.872 e. The van der Waals surface area contributed by atoms with Gasteiger partial charge in [0.1, 0.15) is 0 Å². The molecule has 0 spiro atoms. The third-order valence-electron chi connectivity index (χ3n) is 9.96. The molecule has 0 unspecified atom stereocenters. The second kappa shape index (κ2) is 42.3. The van der Waals surface area contributed by atoms with Crippen molar-refractivity contribution in [3.8, 4) is 34.5 Å². The Morgan fingerprint density at radius 3 is 0.542 bits per heavy atom. The summed E-state index contributed by atoms with van der Waals surface area (Å²) < 4.78 is 7.56. The molecule has 0 aliphatic heterocycles. The standard InChI is InChI=1S/2C24H27N6O3PS.2CHCl3.CH4O.3Mn/c2*1-28(25-16-19-10-4-7-13-22(19)31)34(35,29(2)26-17-20-11-5-8-14-23(20)32)30(3)27-18-21-12-6-9-15-24(21)33;2*2-1(3)4;1-2;;;/h2*4-18,31-33H,1-3H3;2*1H;2H,1H3;;;/q;;;;;3*+2/p-6/b2*25-16+,26-17+,27-18+;;;;;;. The molecular formula is C51H54Cl6Mn3N12O7P2S2. The average molecular weight is 1450 g/mol. The first kappa shape index (κ1) is 80.6. The summed E-state index contributed by atoms with van der Waals surface area (Å²) in [6, 6.07) is 39.0. The Bertz CT molecular complexity index is 2630. The Morgan fingerprint density at radius 2 is 0.434 bits per heavy atom. The van der Waals surface area contributed by atoms with Gasteiger partial charge in [-0.2, -0.15) is 30.6 Å². The number of hydrogen-bond donors (Lipinski definition) is 1. The van der Waals surface area contributed by atoms with E-state index in [0.29, 0.717) is 33.4 Å². The Morgan fingerprint density at radius 1 is 0.325 bits per heavy atom. The van der Waals surface area contributed by atoms with E-state index >= 15 is 0 Å². The quantitative estimate of drug-likeness (QED) is 0.0280. The van der Waals surface area contributed by atoms with Crippen LogP contribution in [0.1, 0.15) is 33.4 Å². The first-order chi connectivity index (χ1) is 37.9. The minimum absolute atomic E-state index is 0. The van der Waals surface area contributed by atoms with Crippen molar-refractivity contribution in [3.05, 3.63) is 179 Å². The zero-order chi connectivity index (χ0) is 60.0. The summed E-state index contributed by atoms with van der Waals surface area (Å²) in [7, 11) is 11.0. The number of nitrogens with zero attached hydrogens (tertiary/aromatic N) is 12. The largest absolute Gasteiger partial charge is 2.00 e. The van der Waals surface area contributed by atoms with Crippen LogP contribution < -0.4 is 30.6 Å². The Hall–Kier alpha value is -4.50. The van der Waals surface area contributed by atoms with E-state index in [1.807, 2.05) is 0 Å². The van der Waals surface area contributed by atoms with Crippen molar-refractivity contribution in [1.82, 2.24) is 28.7 Å². The number of alkyl halides is 6. The van der Waals surface area contributed by atoms with Gasteiger partial charge in [-0.15, -0.1) is 0 Å². The van der Waals surface area contributed by atoms with E-state index in [-0.39, 0.29) is 85.7 Å². The summed E-state index contributed by atoms with van der Waals surface area (Å²) in [6.07, 6.45) is 8.57. The summed E-state index contributed by atoms with van der Waals surface area (Å²) in [5.41, 5.74) is 2.41. The molecule has 0 aliphatic rings. The third kappa shape index (κ3) is 27.2. The van der Waals surface area contributed by atoms with Crippen LogP contribution in [0.4, 0.5) is 0 Å². The van der Waals surface area contributed by atoms with Crippen LogP contribution in [-0.2, 0) is 74.8 Å². The zero-order valence-electron chi connectivity index (χ0n) is 44.9. The summed E-state index contributed by atoms with van der Waals surface area (Å²) in [5, 5.41) is 106.